The summed E-state index contributed by atoms with van der Waals surface area (Å²) in [5, 5.41) is 0. The van der Waals surface area contributed by atoms with E-state index in [-0.39, 0.29) is 24.1 Å². The number of hydrogen-bond acceptors (Lipinski definition) is 6. The Morgan fingerprint density at radius 1 is 0.542 bits per heavy atom. The Morgan fingerprint density at radius 3 is 1.25 bits per heavy atom. The van der Waals surface area contributed by atoms with Gasteiger partial charge in [0, 0.05) is 24.6 Å². The number of ether oxygens (including phenoxy) is 2. The second kappa shape index (κ2) is 22.1. The highest BCUT2D eigenvalue weighted by Gasteiger charge is 2.07. The number of carbonyl (C=O) groups excluding carboxylic acids is 2. The SMILES string of the molecule is CCCCCC[C@H](C)OC(=O)/C=C/c1ccc(N=Cc2ccc(C=Nc3ccc(/C=C/C(=O)O[C@@H](C)CCCCCC)cc3)cc2)cc1. The molecule has 0 aromatic heterocycles. The van der Waals surface area contributed by atoms with E-state index in [1.807, 2.05) is 99.1 Å². The fourth-order valence-electron chi connectivity index (χ4n) is 4.95. The maximum atomic E-state index is 12.1. The van der Waals surface area contributed by atoms with Gasteiger partial charge in [-0.3, -0.25) is 9.98 Å². The van der Waals surface area contributed by atoms with Gasteiger partial charge in [-0.15, -0.1) is 0 Å². The summed E-state index contributed by atoms with van der Waals surface area (Å²) in [5.41, 5.74) is 5.42. The molecular weight excluding hydrogens is 596 g/mol. The molecule has 0 fully saturated rings. The molecule has 0 unspecified atom stereocenters. The number of nitrogens with zero attached hydrogens (tertiary/aromatic N) is 2. The van der Waals surface area contributed by atoms with E-state index in [9.17, 15) is 9.59 Å². The molecule has 0 radical (unpaired) electrons. The van der Waals surface area contributed by atoms with Gasteiger partial charge in [-0.05, 0) is 98.2 Å². The van der Waals surface area contributed by atoms with E-state index in [0.717, 1.165) is 59.3 Å². The van der Waals surface area contributed by atoms with Crippen LogP contribution in [0.4, 0.5) is 11.4 Å². The Hall–Kier alpha value is -4.58. The maximum Gasteiger partial charge on any atom is 0.331 e. The molecule has 254 valence electrons. The van der Waals surface area contributed by atoms with Gasteiger partial charge in [-0.2, -0.15) is 0 Å². The van der Waals surface area contributed by atoms with Crippen LogP contribution >= 0.6 is 0 Å². The second-order valence-electron chi connectivity index (χ2n) is 12.2. The Bertz CT molecular complexity index is 1370. The smallest absolute Gasteiger partial charge is 0.331 e. The minimum absolute atomic E-state index is 0.0676. The predicted molar refractivity (Wildman–Crippen MR) is 201 cm³/mol. The average molecular weight is 649 g/mol. The Balaban J connectivity index is 1.42. The second-order valence-corrected chi connectivity index (χ2v) is 12.2. The van der Waals surface area contributed by atoms with E-state index in [0.29, 0.717) is 0 Å². The lowest BCUT2D eigenvalue weighted by molar-refractivity contribution is -0.143. The van der Waals surface area contributed by atoms with Crippen molar-refractivity contribution in [3.8, 4) is 0 Å². The standard InChI is InChI=1S/C42H52N2O4/c1-5-7-9-11-13-33(3)47-41(45)29-23-35-19-25-39(26-20-35)43-31-37-15-17-38(18-16-37)32-44-40-27-21-36(22-28-40)24-30-42(46)48-34(4)14-12-10-8-6-2/h15-34H,5-14H2,1-4H3/b29-23+,30-24+,43-31?,44-32?/t33-,34-/m0/s1. The first-order chi connectivity index (χ1) is 23.3. The normalized spacial score (nSPS) is 13.1. The summed E-state index contributed by atoms with van der Waals surface area (Å²) in [6.45, 7) is 8.27. The molecular formula is C42H52N2O4. The number of unbranched alkanes of at least 4 members (excludes halogenated alkanes) is 6. The van der Waals surface area contributed by atoms with Gasteiger partial charge in [-0.1, -0.05) is 101 Å². The van der Waals surface area contributed by atoms with Crippen molar-refractivity contribution in [3.05, 3.63) is 107 Å². The fraction of sp³-hybridized carbons (Fsp3) is 0.381. The zero-order chi connectivity index (χ0) is 34.4. The van der Waals surface area contributed by atoms with Gasteiger partial charge in [0.2, 0.25) is 0 Å². The molecule has 48 heavy (non-hydrogen) atoms. The zero-order valence-electron chi connectivity index (χ0n) is 29.1. The Morgan fingerprint density at radius 2 is 0.896 bits per heavy atom. The van der Waals surface area contributed by atoms with Crippen LogP contribution in [0.3, 0.4) is 0 Å². The molecule has 6 nitrogen and oxygen atoms in total. The lowest BCUT2D eigenvalue weighted by Gasteiger charge is -2.11. The van der Waals surface area contributed by atoms with Crippen molar-refractivity contribution in [2.45, 2.75) is 104 Å². The van der Waals surface area contributed by atoms with Crippen LogP contribution in [0, 0.1) is 0 Å². The molecule has 0 aliphatic rings. The van der Waals surface area contributed by atoms with Crippen LogP contribution in [0.25, 0.3) is 12.2 Å². The molecule has 3 rings (SSSR count). The highest BCUT2D eigenvalue weighted by molar-refractivity contribution is 5.88. The number of benzene rings is 3. The van der Waals surface area contributed by atoms with Gasteiger partial charge in [0.25, 0.3) is 0 Å². The number of hydrogen-bond donors (Lipinski definition) is 0. The molecule has 0 spiro atoms. The lowest BCUT2D eigenvalue weighted by atomic mass is 10.1. The van der Waals surface area contributed by atoms with Gasteiger partial charge in [0.1, 0.15) is 0 Å². The van der Waals surface area contributed by atoms with Gasteiger partial charge >= 0.3 is 11.9 Å². The number of esters is 2. The quantitative estimate of drug-likeness (QED) is 0.0528. The summed E-state index contributed by atoms with van der Waals surface area (Å²) in [7, 11) is 0. The molecule has 0 amide bonds. The van der Waals surface area contributed by atoms with E-state index in [4.69, 9.17) is 9.47 Å². The maximum absolute atomic E-state index is 12.1. The number of rotatable bonds is 20. The van der Waals surface area contributed by atoms with Gasteiger partial charge in [0.15, 0.2) is 0 Å². The molecule has 3 aromatic carbocycles. The van der Waals surface area contributed by atoms with Crippen LogP contribution in [-0.4, -0.2) is 36.6 Å². The number of aliphatic imine (C=N–C) groups is 2. The summed E-state index contributed by atoms with van der Waals surface area (Å²) >= 11 is 0. The third-order valence-electron chi connectivity index (χ3n) is 7.83. The van der Waals surface area contributed by atoms with Crippen molar-refractivity contribution in [1.82, 2.24) is 0 Å². The highest BCUT2D eigenvalue weighted by atomic mass is 16.5. The van der Waals surface area contributed by atoms with E-state index in [2.05, 4.69) is 23.8 Å². The van der Waals surface area contributed by atoms with Crippen molar-refractivity contribution in [2.24, 2.45) is 9.98 Å². The third-order valence-corrected chi connectivity index (χ3v) is 7.83. The fourth-order valence-corrected chi connectivity index (χ4v) is 4.95. The molecule has 2 atom stereocenters. The molecule has 0 heterocycles. The highest BCUT2D eigenvalue weighted by Crippen LogP contribution is 2.17. The van der Waals surface area contributed by atoms with Crippen LogP contribution in [-0.2, 0) is 19.1 Å². The van der Waals surface area contributed by atoms with Gasteiger partial charge < -0.3 is 9.47 Å². The first-order valence-electron chi connectivity index (χ1n) is 17.5. The number of carbonyl (C=O) groups is 2. The van der Waals surface area contributed by atoms with Crippen LogP contribution in [0.15, 0.2) is 94.9 Å². The molecule has 6 heteroatoms. The Labute approximate surface area is 287 Å². The first-order valence-corrected chi connectivity index (χ1v) is 17.5. The van der Waals surface area contributed by atoms with Crippen LogP contribution in [0.5, 0.6) is 0 Å². The summed E-state index contributed by atoms with van der Waals surface area (Å²) in [6.07, 6.45) is 21.2. The minimum atomic E-state index is -0.312. The van der Waals surface area contributed by atoms with Gasteiger partial charge in [-0.25, -0.2) is 9.59 Å². The Kier molecular flexibility index (Phi) is 17.4. The molecule has 0 aliphatic heterocycles. The molecule has 3 aromatic rings. The zero-order valence-corrected chi connectivity index (χ0v) is 29.1. The van der Waals surface area contributed by atoms with Crippen molar-refractivity contribution < 1.29 is 19.1 Å². The summed E-state index contributed by atoms with van der Waals surface area (Å²) in [6, 6.07) is 23.4. The summed E-state index contributed by atoms with van der Waals surface area (Å²) in [5.74, 6) is -0.624. The van der Waals surface area contributed by atoms with Gasteiger partial charge in [0.05, 0.1) is 23.6 Å². The molecule has 0 saturated heterocycles. The lowest BCUT2D eigenvalue weighted by Crippen LogP contribution is -2.12. The van der Waals surface area contributed by atoms with E-state index >= 15 is 0 Å². The predicted octanol–water partition coefficient (Wildman–Crippen LogP) is 11.0. The van der Waals surface area contributed by atoms with Crippen LogP contribution < -0.4 is 0 Å². The van der Waals surface area contributed by atoms with Crippen molar-refractivity contribution in [2.75, 3.05) is 0 Å². The van der Waals surface area contributed by atoms with Crippen LogP contribution in [0.1, 0.15) is 114 Å². The topological polar surface area (TPSA) is 77.3 Å². The minimum Gasteiger partial charge on any atom is -0.460 e. The largest absolute Gasteiger partial charge is 0.460 e. The van der Waals surface area contributed by atoms with Crippen molar-refractivity contribution >= 4 is 47.9 Å². The first kappa shape index (κ1) is 37.9. The molecule has 0 aliphatic carbocycles. The summed E-state index contributed by atoms with van der Waals surface area (Å²) < 4.78 is 11.0. The third kappa shape index (κ3) is 15.8. The van der Waals surface area contributed by atoms with E-state index < -0.39 is 0 Å². The van der Waals surface area contributed by atoms with Crippen molar-refractivity contribution in [3.63, 3.8) is 0 Å². The van der Waals surface area contributed by atoms with E-state index in [1.165, 1.54) is 50.7 Å². The summed E-state index contributed by atoms with van der Waals surface area (Å²) in [4.78, 5) is 33.4. The van der Waals surface area contributed by atoms with Crippen molar-refractivity contribution in [1.29, 1.82) is 0 Å². The monoisotopic (exact) mass is 648 g/mol. The van der Waals surface area contributed by atoms with E-state index in [1.54, 1.807) is 12.2 Å². The average Bonchev–Trinajstić information content (AvgIpc) is 3.09. The van der Waals surface area contributed by atoms with Crippen LogP contribution in [0.2, 0.25) is 0 Å². The molecule has 0 bridgehead atoms. The molecule has 0 saturated carbocycles. The molecule has 0 N–H and O–H groups in total.